The van der Waals surface area contributed by atoms with E-state index in [1.165, 1.54) is 13.2 Å². The number of aromatic amines is 1. The topological polar surface area (TPSA) is 51.3 Å². The molecular weight excluding hydrogens is 287 g/mol. The van der Waals surface area contributed by atoms with Crippen LogP contribution >= 0.6 is 0 Å². The maximum absolute atomic E-state index is 12.4. The van der Waals surface area contributed by atoms with E-state index in [1.54, 1.807) is 6.07 Å². The molecule has 0 spiro atoms. The van der Waals surface area contributed by atoms with E-state index in [-0.39, 0.29) is 22.7 Å². The van der Waals surface area contributed by atoms with Crippen LogP contribution in [0.5, 0.6) is 11.5 Å². The summed E-state index contributed by atoms with van der Waals surface area (Å²) in [6.07, 6.45) is -4.83. The molecule has 0 atom stereocenters. The number of nitrogens with one attached hydrogen (secondary N) is 1. The molecule has 1 N–H and O–H groups in total. The molecule has 0 amide bonds. The Morgan fingerprint density at radius 2 is 1.81 bits per heavy atom. The quantitative estimate of drug-likeness (QED) is 0.943. The highest BCUT2D eigenvalue weighted by Crippen LogP contribution is 2.35. The van der Waals surface area contributed by atoms with E-state index in [1.807, 2.05) is 13.8 Å². The van der Waals surface area contributed by atoms with Gasteiger partial charge in [-0.25, -0.2) is 0 Å². The molecule has 0 aliphatic heterocycles. The third kappa shape index (κ3) is 3.29. The molecule has 1 heterocycles. The fraction of sp³-hybridized carbons (Fsp3) is 0.357. The van der Waals surface area contributed by atoms with Gasteiger partial charge in [-0.1, -0.05) is 13.8 Å². The summed E-state index contributed by atoms with van der Waals surface area (Å²) in [7, 11) is 1.25. The molecule has 114 valence electrons. The minimum absolute atomic E-state index is 0.00440. The number of alkyl halides is 3. The maximum Gasteiger partial charge on any atom is 0.573 e. The number of halogens is 3. The zero-order valence-electron chi connectivity index (χ0n) is 11.7. The minimum atomic E-state index is -4.83. The first-order chi connectivity index (χ1) is 9.71. The third-order valence-corrected chi connectivity index (χ3v) is 3.00. The molecule has 0 bridgehead atoms. The van der Waals surface area contributed by atoms with Gasteiger partial charge >= 0.3 is 6.36 Å². The van der Waals surface area contributed by atoms with Gasteiger partial charge in [-0.3, -0.25) is 4.79 Å². The van der Waals surface area contributed by atoms with Crippen LogP contribution in [0.1, 0.15) is 25.3 Å². The molecule has 2 aromatic rings. The number of rotatable bonds is 3. The van der Waals surface area contributed by atoms with E-state index < -0.39 is 12.1 Å². The smallest absolute Gasteiger partial charge is 0.493 e. The van der Waals surface area contributed by atoms with Gasteiger partial charge in [-0.2, -0.15) is 0 Å². The van der Waals surface area contributed by atoms with E-state index in [0.29, 0.717) is 10.9 Å². The van der Waals surface area contributed by atoms with Gasteiger partial charge in [-0.05, 0) is 18.1 Å². The van der Waals surface area contributed by atoms with Crippen molar-refractivity contribution in [1.29, 1.82) is 0 Å². The molecule has 1 aromatic carbocycles. The van der Waals surface area contributed by atoms with E-state index in [4.69, 9.17) is 4.74 Å². The largest absolute Gasteiger partial charge is 0.573 e. The van der Waals surface area contributed by atoms with Crippen molar-refractivity contribution in [2.24, 2.45) is 0 Å². The first-order valence-corrected chi connectivity index (χ1v) is 6.22. The molecule has 0 unspecified atom stereocenters. The average molecular weight is 301 g/mol. The van der Waals surface area contributed by atoms with Crippen molar-refractivity contribution >= 4 is 10.9 Å². The van der Waals surface area contributed by atoms with E-state index in [0.717, 1.165) is 6.07 Å². The standard InChI is InChI=1S/C14H14F3NO3/c1-7(2)9-4-8-5-11(20-3)12(21-14(15,16)17)6-10(8)18-13(9)19/h4-7H,1-3H3,(H,18,19). The number of fused-ring (bicyclic) bond motifs is 1. The second-order valence-electron chi connectivity index (χ2n) is 4.85. The number of H-pyrrole nitrogens is 1. The van der Waals surface area contributed by atoms with Crippen molar-refractivity contribution < 1.29 is 22.6 Å². The molecule has 0 radical (unpaired) electrons. The van der Waals surface area contributed by atoms with Crippen LogP contribution in [0.15, 0.2) is 23.0 Å². The molecule has 2 rings (SSSR count). The van der Waals surface area contributed by atoms with Gasteiger partial charge in [0.15, 0.2) is 11.5 Å². The van der Waals surface area contributed by atoms with Crippen LogP contribution < -0.4 is 15.0 Å². The third-order valence-electron chi connectivity index (χ3n) is 3.00. The summed E-state index contributed by atoms with van der Waals surface area (Å²) in [6.45, 7) is 3.71. The van der Waals surface area contributed by atoms with Crippen molar-refractivity contribution in [1.82, 2.24) is 4.98 Å². The fourth-order valence-electron chi connectivity index (χ4n) is 2.02. The molecule has 0 saturated carbocycles. The monoisotopic (exact) mass is 301 g/mol. The van der Waals surface area contributed by atoms with Gasteiger partial charge in [0.1, 0.15) is 0 Å². The van der Waals surface area contributed by atoms with Gasteiger partial charge in [0.2, 0.25) is 0 Å². The van der Waals surface area contributed by atoms with Crippen molar-refractivity contribution in [3.8, 4) is 11.5 Å². The lowest BCUT2D eigenvalue weighted by atomic mass is 10.0. The molecule has 4 nitrogen and oxygen atoms in total. The molecular formula is C14H14F3NO3. The zero-order chi connectivity index (χ0) is 15.8. The second-order valence-corrected chi connectivity index (χ2v) is 4.85. The fourth-order valence-corrected chi connectivity index (χ4v) is 2.02. The van der Waals surface area contributed by atoms with Gasteiger partial charge in [0, 0.05) is 17.0 Å². The zero-order valence-corrected chi connectivity index (χ0v) is 11.7. The van der Waals surface area contributed by atoms with Gasteiger partial charge < -0.3 is 14.5 Å². The predicted octanol–water partition coefficient (Wildman–Crippen LogP) is 3.56. The van der Waals surface area contributed by atoms with Crippen LogP contribution in [-0.4, -0.2) is 18.5 Å². The van der Waals surface area contributed by atoms with Crippen LogP contribution in [0.3, 0.4) is 0 Å². The van der Waals surface area contributed by atoms with Crippen LogP contribution in [-0.2, 0) is 0 Å². The van der Waals surface area contributed by atoms with Crippen LogP contribution in [0.2, 0.25) is 0 Å². The van der Waals surface area contributed by atoms with E-state index in [9.17, 15) is 18.0 Å². The van der Waals surface area contributed by atoms with Crippen LogP contribution in [0.25, 0.3) is 10.9 Å². The number of ether oxygens (including phenoxy) is 2. The SMILES string of the molecule is COc1cc2cc(C(C)C)c(=O)[nH]c2cc1OC(F)(F)F. The molecule has 0 aliphatic carbocycles. The van der Waals surface area contributed by atoms with Gasteiger partial charge in [-0.15, -0.1) is 13.2 Å². The Hall–Kier alpha value is -2.18. The lowest BCUT2D eigenvalue weighted by Crippen LogP contribution is -2.18. The highest BCUT2D eigenvalue weighted by molar-refractivity contribution is 5.83. The Labute approximate surface area is 118 Å². The first-order valence-electron chi connectivity index (χ1n) is 6.22. The predicted molar refractivity (Wildman–Crippen MR) is 71.9 cm³/mol. The van der Waals surface area contributed by atoms with Gasteiger partial charge in [0.25, 0.3) is 5.56 Å². The summed E-state index contributed by atoms with van der Waals surface area (Å²) in [6, 6.07) is 4.14. The number of methoxy groups -OCH3 is 1. The summed E-state index contributed by atoms with van der Waals surface area (Å²) >= 11 is 0. The summed E-state index contributed by atoms with van der Waals surface area (Å²) in [5.74, 6) is -0.553. The number of benzene rings is 1. The Morgan fingerprint density at radius 1 is 1.14 bits per heavy atom. The molecule has 0 fully saturated rings. The maximum atomic E-state index is 12.4. The Kier molecular flexibility index (Phi) is 3.85. The number of hydrogen-bond acceptors (Lipinski definition) is 3. The van der Waals surface area contributed by atoms with Crippen molar-refractivity contribution in [2.45, 2.75) is 26.1 Å². The van der Waals surface area contributed by atoms with Crippen molar-refractivity contribution in [2.75, 3.05) is 7.11 Å². The van der Waals surface area contributed by atoms with Crippen molar-refractivity contribution in [3.63, 3.8) is 0 Å². The van der Waals surface area contributed by atoms with Crippen LogP contribution in [0.4, 0.5) is 13.2 Å². The lowest BCUT2D eigenvalue weighted by molar-refractivity contribution is -0.275. The molecule has 0 saturated heterocycles. The molecule has 7 heteroatoms. The number of hydrogen-bond donors (Lipinski definition) is 1. The normalized spacial score (nSPS) is 12.0. The minimum Gasteiger partial charge on any atom is -0.493 e. The number of aromatic nitrogens is 1. The Bertz CT molecular complexity index is 720. The lowest BCUT2D eigenvalue weighted by Gasteiger charge is -2.14. The Balaban J connectivity index is 2.64. The van der Waals surface area contributed by atoms with E-state index in [2.05, 4.69) is 9.72 Å². The van der Waals surface area contributed by atoms with Gasteiger partial charge in [0.05, 0.1) is 12.6 Å². The highest BCUT2D eigenvalue weighted by atomic mass is 19.4. The Morgan fingerprint density at radius 3 is 2.33 bits per heavy atom. The summed E-state index contributed by atoms with van der Waals surface area (Å²) in [4.78, 5) is 14.4. The average Bonchev–Trinajstić information content (AvgIpc) is 2.35. The highest BCUT2D eigenvalue weighted by Gasteiger charge is 2.32. The van der Waals surface area contributed by atoms with E-state index >= 15 is 0 Å². The molecule has 21 heavy (non-hydrogen) atoms. The molecule has 0 aliphatic rings. The second kappa shape index (κ2) is 5.31. The first kappa shape index (κ1) is 15.2. The molecule has 1 aromatic heterocycles. The van der Waals surface area contributed by atoms with Crippen LogP contribution in [0, 0.1) is 0 Å². The van der Waals surface area contributed by atoms with Crippen molar-refractivity contribution in [3.05, 3.63) is 34.1 Å². The summed E-state index contributed by atoms with van der Waals surface area (Å²) in [5, 5.41) is 0.574. The summed E-state index contributed by atoms with van der Waals surface area (Å²) < 4.78 is 45.9. The summed E-state index contributed by atoms with van der Waals surface area (Å²) in [5.41, 5.74) is 0.471. The number of pyridine rings is 1.